The number of ether oxygens (including phenoxy) is 2. The number of hydrogen-bond donors (Lipinski definition) is 0. The standard InChI is InChI=1S/C16H20O3/c1-5-7-15(16(17)19-6-2)12(3)13-8-10-14(18-4)11-9-13/h5,8-11,15H,1,3,6-7H2,2,4H3. The van der Waals surface area contributed by atoms with E-state index in [1.165, 1.54) is 0 Å². The molecule has 0 fully saturated rings. The first kappa shape index (κ1) is 15.0. The van der Waals surface area contributed by atoms with E-state index in [0.29, 0.717) is 13.0 Å². The highest BCUT2D eigenvalue weighted by Gasteiger charge is 2.22. The van der Waals surface area contributed by atoms with Gasteiger partial charge in [0.05, 0.1) is 19.6 Å². The Balaban J connectivity index is 2.91. The summed E-state index contributed by atoms with van der Waals surface area (Å²) in [5.41, 5.74) is 1.64. The number of methoxy groups -OCH3 is 1. The molecule has 0 aromatic heterocycles. The topological polar surface area (TPSA) is 35.5 Å². The highest BCUT2D eigenvalue weighted by atomic mass is 16.5. The van der Waals surface area contributed by atoms with Gasteiger partial charge in [0.25, 0.3) is 0 Å². The van der Waals surface area contributed by atoms with Gasteiger partial charge in [-0.1, -0.05) is 24.8 Å². The number of carbonyl (C=O) groups excluding carboxylic acids is 1. The fourth-order valence-electron chi connectivity index (χ4n) is 1.80. The van der Waals surface area contributed by atoms with Crippen LogP contribution in [0.2, 0.25) is 0 Å². The zero-order valence-corrected chi connectivity index (χ0v) is 11.5. The molecule has 3 nitrogen and oxygen atoms in total. The van der Waals surface area contributed by atoms with Gasteiger partial charge in [0, 0.05) is 0 Å². The fraction of sp³-hybridized carbons (Fsp3) is 0.312. The van der Waals surface area contributed by atoms with E-state index < -0.39 is 0 Å². The first-order valence-corrected chi connectivity index (χ1v) is 6.24. The van der Waals surface area contributed by atoms with E-state index in [1.807, 2.05) is 24.3 Å². The fourth-order valence-corrected chi connectivity index (χ4v) is 1.80. The average Bonchev–Trinajstić information content (AvgIpc) is 2.44. The summed E-state index contributed by atoms with van der Waals surface area (Å²) in [4.78, 5) is 11.9. The van der Waals surface area contributed by atoms with Crippen molar-refractivity contribution >= 4 is 11.5 Å². The predicted molar refractivity (Wildman–Crippen MR) is 77.0 cm³/mol. The maximum absolute atomic E-state index is 11.9. The van der Waals surface area contributed by atoms with Gasteiger partial charge < -0.3 is 9.47 Å². The number of carbonyl (C=O) groups is 1. The highest BCUT2D eigenvalue weighted by molar-refractivity contribution is 5.88. The number of hydrogen-bond acceptors (Lipinski definition) is 3. The Labute approximate surface area is 114 Å². The van der Waals surface area contributed by atoms with Crippen LogP contribution in [0.4, 0.5) is 0 Å². The second kappa shape index (κ2) is 7.41. The maximum atomic E-state index is 11.9. The molecule has 0 aliphatic heterocycles. The summed E-state index contributed by atoms with van der Waals surface area (Å²) in [6, 6.07) is 7.46. The molecular formula is C16H20O3. The van der Waals surface area contributed by atoms with Gasteiger partial charge in [-0.2, -0.15) is 0 Å². The quantitative estimate of drug-likeness (QED) is 0.556. The van der Waals surface area contributed by atoms with Crippen LogP contribution in [0.25, 0.3) is 5.57 Å². The third kappa shape index (κ3) is 3.98. The number of allylic oxidation sites excluding steroid dienone is 1. The molecule has 0 saturated heterocycles. The molecule has 0 aliphatic carbocycles. The molecule has 1 atom stereocenters. The molecular weight excluding hydrogens is 240 g/mol. The lowest BCUT2D eigenvalue weighted by Crippen LogP contribution is -2.18. The molecule has 0 aliphatic rings. The molecule has 3 heteroatoms. The first-order valence-electron chi connectivity index (χ1n) is 6.24. The lowest BCUT2D eigenvalue weighted by atomic mass is 9.91. The summed E-state index contributed by atoms with van der Waals surface area (Å²) in [5, 5.41) is 0. The minimum Gasteiger partial charge on any atom is -0.497 e. The maximum Gasteiger partial charge on any atom is 0.313 e. The third-order valence-corrected chi connectivity index (χ3v) is 2.85. The van der Waals surface area contributed by atoms with Crippen molar-refractivity contribution < 1.29 is 14.3 Å². The molecule has 102 valence electrons. The van der Waals surface area contributed by atoms with Crippen LogP contribution in [0.15, 0.2) is 43.5 Å². The molecule has 1 rings (SSSR count). The zero-order chi connectivity index (χ0) is 14.3. The van der Waals surface area contributed by atoms with E-state index in [-0.39, 0.29) is 11.9 Å². The van der Waals surface area contributed by atoms with Gasteiger partial charge in [0.2, 0.25) is 0 Å². The number of rotatable bonds is 7. The van der Waals surface area contributed by atoms with Crippen LogP contribution in [0.3, 0.4) is 0 Å². The Hall–Kier alpha value is -2.03. The minimum absolute atomic E-state index is 0.261. The van der Waals surface area contributed by atoms with Crippen molar-refractivity contribution in [2.75, 3.05) is 13.7 Å². The molecule has 1 unspecified atom stereocenters. The van der Waals surface area contributed by atoms with E-state index in [0.717, 1.165) is 16.9 Å². The van der Waals surface area contributed by atoms with Crippen LogP contribution in [0.1, 0.15) is 18.9 Å². The summed E-state index contributed by atoms with van der Waals surface area (Å²) in [6.07, 6.45) is 2.22. The largest absolute Gasteiger partial charge is 0.497 e. The Morgan fingerprint density at radius 2 is 2.00 bits per heavy atom. The SMILES string of the molecule is C=CCC(C(=C)c1ccc(OC)cc1)C(=O)OCC. The molecule has 19 heavy (non-hydrogen) atoms. The van der Waals surface area contributed by atoms with Gasteiger partial charge in [-0.15, -0.1) is 6.58 Å². The van der Waals surface area contributed by atoms with Crippen LogP contribution in [-0.2, 0) is 9.53 Å². The zero-order valence-electron chi connectivity index (χ0n) is 11.5. The second-order valence-electron chi connectivity index (χ2n) is 4.08. The molecule has 0 bridgehead atoms. The summed E-state index contributed by atoms with van der Waals surface area (Å²) in [7, 11) is 1.61. The molecule has 0 amide bonds. The van der Waals surface area contributed by atoms with Crippen molar-refractivity contribution in [3.05, 3.63) is 49.1 Å². The monoisotopic (exact) mass is 260 g/mol. The summed E-state index contributed by atoms with van der Waals surface area (Å²) in [6.45, 7) is 9.84. The average molecular weight is 260 g/mol. The van der Waals surface area contributed by atoms with Crippen molar-refractivity contribution in [3.8, 4) is 5.75 Å². The molecule has 0 N–H and O–H groups in total. The Morgan fingerprint density at radius 1 is 1.37 bits per heavy atom. The molecule has 0 saturated carbocycles. The van der Waals surface area contributed by atoms with Crippen LogP contribution in [0.5, 0.6) is 5.75 Å². The Kier molecular flexibility index (Phi) is 5.86. The molecule has 0 radical (unpaired) electrons. The van der Waals surface area contributed by atoms with E-state index >= 15 is 0 Å². The second-order valence-corrected chi connectivity index (χ2v) is 4.08. The minimum atomic E-state index is -0.383. The van der Waals surface area contributed by atoms with Gasteiger partial charge in [0.15, 0.2) is 0 Å². The van der Waals surface area contributed by atoms with Gasteiger partial charge in [-0.25, -0.2) is 0 Å². The molecule has 0 heterocycles. The summed E-state index contributed by atoms with van der Waals surface area (Å²) < 4.78 is 10.2. The lowest BCUT2D eigenvalue weighted by molar-refractivity contribution is -0.145. The van der Waals surface area contributed by atoms with Crippen molar-refractivity contribution in [2.24, 2.45) is 5.92 Å². The van der Waals surface area contributed by atoms with Crippen LogP contribution < -0.4 is 4.74 Å². The normalized spacial score (nSPS) is 11.5. The molecule has 1 aromatic rings. The van der Waals surface area contributed by atoms with Crippen molar-refractivity contribution in [1.29, 1.82) is 0 Å². The van der Waals surface area contributed by atoms with E-state index in [2.05, 4.69) is 13.2 Å². The smallest absolute Gasteiger partial charge is 0.313 e. The van der Waals surface area contributed by atoms with Crippen LogP contribution in [0, 0.1) is 5.92 Å². The summed E-state index contributed by atoms with van der Waals surface area (Å²) in [5.74, 6) is 0.127. The van der Waals surface area contributed by atoms with E-state index in [1.54, 1.807) is 20.1 Å². The van der Waals surface area contributed by atoms with E-state index in [4.69, 9.17) is 9.47 Å². The Morgan fingerprint density at radius 3 is 2.47 bits per heavy atom. The lowest BCUT2D eigenvalue weighted by Gasteiger charge is -2.17. The van der Waals surface area contributed by atoms with Gasteiger partial charge in [-0.05, 0) is 36.6 Å². The first-order chi connectivity index (χ1) is 9.13. The van der Waals surface area contributed by atoms with Crippen LogP contribution in [-0.4, -0.2) is 19.7 Å². The number of benzene rings is 1. The van der Waals surface area contributed by atoms with Gasteiger partial charge >= 0.3 is 5.97 Å². The van der Waals surface area contributed by atoms with Crippen molar-refractivity contribution in [1.82, 2.24) is 0 Å². The molecule has 0 spiro atoms. The summed E-state index contributed by atoms with van der Waals surface area (Å²) >= 11 is 0. The van der Waals surface area contributed by atoms with Crippen molar-refractivity contribution in [2.45, 2.75) is 13.3 Å². The molecule has 1 aromatic carbocycles. The predicted octanol–water partition coefficient (Wildman–Crippen LogP) is 3.46. The third-order valence-electron chi connectivity index (χ3n) is 2.85. The van der Waals surface area contributed by atoms with Crippen molar-refractivity contribution in [3.63, 3.8) is 0 Å². The van der Waals surface area contributed by atoms with Crippen LogP contribution >= 0.6 is 0 Å². The highest BCUT2D eigenvalue weighted by Crippen LogP contribution is 2.27. The van der Waals surface area contributed by atoms with E-state index in [9.17, 15) is 4.79 Å². The van der Waals surface area contributed by atoms with Gasteiger partial charge in [0.1, 0.15) is 5.75 Å². The number of esters is 1. The van der Waals surface area contributed by atoms with Gasteiger partial charge in [-0.3, -0.25) is 4.79 Å². The Bertz CT molecular complexity index is 446.